The highest BCUT2D eigenvalue weighted by atomic mass is 35.5. The Hall–Kier alpha value is -0.870. The number of rotatable bonds is 1. The maximum absolute atomic E-state index is 5.97. The van der Waals surface area contributed by atoms with Crippen LogP contribution in [0.25, 0.3) is 0 Å². The summed E-state index contributed by atoms with van der Waals surface area (Å²) in [6.45, 7) is 9.80. The van der Waals surface area contributed by atoms with Gasteiger partial charge in [0.15, 0.2) is 11.0 Å². The van der Waals surface area contributed by atoms with Crippen LogP contribution in [0.15, 0.2) is 0 Å². The third-order valence-electron chi connectivity index (χ3n) is 3.32. The van der Waals surface area contributed by atoms with E-state index in [4.69, 9.17) is 16.3 Å². The Balaban J connectivity index is 2.36. The van der Waals surface area contributed by atoms with Crippen molar-refractivity contribution in [2.45, 2.75) is 39.8 Å². The van der Waals surface area contributed by atoms with Crippen LogP contribution in [0.3, 0.4) is 0 Å². The van der Waals surface area contributed by atoms with Crippen molar-refractivity contribution in [3.63, 3.8) is 0 Å². The van der Waals surface area contributed by atoms with Gasteiger partial charge in [0, 0.05) is 6.54 Å². The van der Waals surface area contributed by atoms with E-state index in [9.17, 15) is 0 Å². The van der Waals surface area contributed by atoms with E-state index >= 15 is 0 Å². The highest BCUT2D eigenvalue weighted by molar-refractivity contribution is 6.30. The second-order valence-electron chi connectivity index (χ2n) is 4.71. The summed E-state index contributed by atoms with van der Waals surface area (Å²) in [4.78, 5) is 2.25. The summed E-state index contributed by atoms with van der Waals surface area (Å²) >= 11 is 5.97. The molecule has 0 amide bonds. The van der Waals surface area contributed by atoms with Crippen LogP contribution in [0, 0.1) is 13.8 Å². The second kappa shape index (κ2) is 4.78. The maximum atomic E-state index is 5.97. The van der Waals surface area contributed by atoms with Gasteiger partial charge in [0.05, 0.1) is 18.8 Å². The lowest BCUT2D eigenvalue weighted by atomic mass is 10.1. The van der Waals surface area contributed by atoms with Crippen LogP contribution in [-0.2, 0) is 4.74 Å². The molecular formula is C12H18ClN3O. The van der Waals surface area contributed by atoms with Crippen molar-refractivity contribution >= 4 is 17.4 Å². The predicted molar refractivity (Wildman–Crippen MR) is 68.7 cm³/mol. The van der Waals surface area contributed by atoms with Gasteiger partial charge in [-0.25, -0.2) is 0 Å². The number of anilines is 1. The molecule has 2 atom stereocenters. The normalized spacial score (nSPS) is 25.1. The molecule has 0 spiro atoms. The minimum absolute atomic E-state index is 0.225. The molecule has 4 nitrogen and oxygen atoms in total. The Morgan fingerprint density at radius 2 is 1.94 bits per heavy atom. The number of ether oxygens (including phenoxy) is 1. The number of morpholine rings is 1. The van der Waals surface area contributed by atoms with Gasteiger partial charge in [0.25, 0.3) is 0 Å². The standard InChI is InChI=1S/C12H18ClN3O/c1-7-6-17-8(2)5-16(7)12-10(4)9(3)11(13)14-15-12/h7-8H,5-6H2,1-4H3. The number of nitrogens with zero attached hydrogens (tertiary/aromatic N) is 3. The SMILES string of the molecule is Cc1c(Cl)nnc(N2CC(C)OCC2C)c1C. The highest BCUT2D eigenvalue weighted by Crippen LogP contribution is 2.27. The Morgan fingerprint density at radius 3 is 2.65 bits per heavy atom. The van der Waals surface area contributed by atoms with E-state index in [0.717, 1.165) is 30.1 Å². The van der Waals surface area contributed by atoms with Crippen molar-refractivity contribution in [2.75, 3.05) is 18.1 Å². The molecule has 1 aliphatic rings. The molecule has 0 radical (unpaired) electrons. The van der Waals surface area contributed by atoms with E-state index in [2.05, 4.69) is 28.9 Å². The van der Waals surface area contributed by atoms with Gasteiger partial charge in [-0.3, -0.25) is 0 Å². The van der Waals surface area contributed by atoms with Gasteiger partial charge in [-0.2, -0.15) is 0 Å². The molecule has 2 rings (SSSR count). The predicted octanol–water partition coefficient (Wildman–Crippen LogP) is 2.36. The monoisotopic (exact) mass is 255 g/mol. The largest absolute Gasteiger partial charge is 0.375 e. The molecule has 0 bridgehead atoms. The average molecular weight is 256 g/mol. The maximum Gasteiger partial charge on any atom is 0.155 e. The zero-order valence-corrected chi connectivity index (χ0v) is 11.5. The smallest absolute Gasteiger partial charge is 0.155 e. The third kappa shape index (κ3) is 2.38. The highest BCUT2D eigenvalue weighted by Gasteiger charge is 2.26. The van der Waals surface area contributed by atoms with E-state index < -0.39 is 0 Å². The molecule has 94 valence electrons. The first-order chi connectivity index (χ1) is 8.00. The Labute approximate surface area is 107 Å². The fraction of sp³-hybridized carbons (Fsp3) is 0.667. The molecule has 0 saturated carbocycles. The first kappa shape index (κ1) is 12.6. The zero-order chi connectivity index (χ0) is 12.6. The fourth-order valence-electron chi connectivity index (χ4n) is 2.03. The van der Waals surface area contributed by atoms with Gasteiger partial charge in [-0.05, 0) is 38.8 Å². The second-order valence-corrected chi connectivity index (χ2v) is 5.07. The molecule has 1 aliphatic heterocycles. The lowest BCUT2D eigenvalue weighted by molar-refractivity contribution is 0.0339. The van der Waals surface area contributed by atoms with Gasteiger partial charge >= 0.3 is 0 Å². The zero-order valence-electron chi connectivity index (χ0n) is 10.7. The van der Waals surface area contributed by atoms with Crippen LogP contribution in [-0.4, -0.2) is 35.5 Å². The Morgan fingerprint density at radius 1 is 1.24 bits per heavy atom. The molecule has 1 aromatic rings. The van der Waals surface area contributed by atoms with Crippen LogP contribution in [0.2, 0.25) is 5.15 Å². The van der Waals surface area contributed by atoms with Crippen LogP contribution in [0.4, 0.5) is 5.82 Å². The molecule has 1 saturated heterocycles. The summed E-state index contributed by atoms with van der Waals surface area (Å²) in [5.74, 6) is 0.926. The van der Waals surface area contributed by atoms with Crippen molar-refractivity contribution in [2.24, 2.45) is 0 Å². The summed E-state index contributed by atoms with van der Waals surface area (Å²) in [6, 6.07) is 0.319. The third-order valence-corrected chi connectivity index (χ3v) is 3.68. The molecule has 1 aromatic heterocycles. The lowest BCUT2D eigenvalue weighted by Crippen LogP contribution is -2.48. The number of halogens is 1. The van der Waals surface area contributed by atoms with Crippen molar-refractivity contribution < 1.29 is 4.74 Å². The Kier molecular flexibility index (Phi) is 3.54. The van der Waals surface area contributed by atoms with E-state index in [0.29, 0.717) is 11.2 Å². The van der Waals surface area contributed by atoms with Gasteiger partial charge < -0.3 is 9.64 Å². The molecule has 1 fully saturated rings. The lowest BCUT2D eigenvalue weighted by Gasteiger charge is -2.38. The van der Waals surface area contributed by atoms with Crippen molar-refractivity contribution in [1.82, 2.24) is 10.2 Å². The summed E-state index contributed by atoms with van der Waals surface area (Å²) in [7, 11) is 0. The summed E-state index contributed by atoms with van der Waals surface area (Å²) < 4.78 is 5.62. The van der Waals surface area contributed by atoms with E-state index in [-0.39, 0.29) is 6.10 Å². The molecule has 2 heterocycles. The van der Waals surface area contributed by atoms with Crippen LogP contribution in [0.1, 0.15) is 25.0 Å². The minimum atomic E-state index is 0.225. The van der Waals surface area contributed by atoms with Gasteiger partial charge in [-0.15, -0.1) is 10.2 Å². The minimum Gasteiger partial charge on any atom is -0.375 e. The van der Waals surface area contributed by atoms with E-state index in [1.54, 1.807) is 0 Å². The first-order valence-corrected chi connectivity index (χ1v) is 6.26. The molecule has 0 aromatic carbocycles. The molecule has 0 N–H and O–H groups in total. The topological polar surface area (TPSA) is 38.2 Å². The van der Waals surface area contributed by atoms with Gasteiger partial charge in [0.1, 0.15) is 0 Å². The summed E-state index contributed by atoms with van der Waals surface area (Å²) in [5, 5.41) is 8.73. The molecule has 0 aliphatic carbocycles. The van der Waals surface area contributed by atoms with Gasteiger partial charge in [-0.1, -0.05) is 11.6 Å². The average Bonchev–Trinajstić information content (AvgIpc) is 2.30. The summed E-state index contributed by atoms with van der Waals surface area (Å²) in [6.07, 6.45) is 0.225. The van der Waals surface area contributed by atoms with Crippen molar-refractivity contribution in [3.8, 4) is 0 Å². The molecule has 2 unspecified atom stereocenters. The number of aromatic nitrogens is 2. The summed E-state index contributed by atoms with van der Waals surface area (Å²) in [5.41, 5.74) is 2.11. The molecule has 5 heteroatoms. The van der Waals surface area contributed by atoms with E-state index in [1.165, 1.54) is 0 Å². The van der Waals surface area contributed by atoms with Crippen molar-refractivity contribution in [1.29, 1.82) is 0 Å². The fourth-order valence-corrected chi connectivity index (χ4v) is 2.21. The molecular weight excluding hydrogens is 238 g/mol. The molecule has 17 heavy (non-hydrogen) atoms. The van der Waals surface area contributed by atoms with Crippen LogP contribution in [0.5, 0.6) is 0 Å². The number of hydrogen-bond acceptors (Lipinski definition) is 4. The number of hydrogen-bond donors (Lipinski definition) is 0. The first-order valence-electron chi connectivity index (χ1n) is 5.88. The van der Waals surface area contributed by atoms with Crippen LogP contribution >= 0.6 is 11.6 Å². The van der Waals surface area contributed by atoms with Crippen molar-refractivity contribution in [3.05, 3.63) is 16.3 Å². The van der Waals surface area contributed by atoms with E-state index in [1.807, 2.05) is 13.8 Å². The van der Waals surface area contributed by atoms with Crippen LogP contribution < -0.4 is 4.90 Å². The van der Waals surface area contributed by atoms with Gasteiger partial charge in [0.2, 0.25) is 0 Å². The quantitative estimate of drug-likeness (QED) is 0.772. The Bertz CT molecular complexity index is 424.